The summed E-state index contributed by atoms with van der Waals surface area (Å²) in [6, 6.07) is 7.86. The van der Waals surface area contributed by atoms with Crippen LogP contribution in [0.2, 0.25) is 0 Å². The quantitative estimate of drug-likeness (QED) is 0.567. The number of nitrogens with zero attached hydrogens (tertiary/aromatic N) is 3. The van der Waals surface area contributed by atoms with Gasteiger partial charge in [0.25, 0.3) is 0 Å². The van der Waals surface area contributed by atoms with E-state index in [-0.39, 0.29) is 0 Å². The molecule has 53 valence electrons. The Morgan fingerprint density at radius 3 is 3.00 bits per heavy atom. The first-order chi connectivity index (χ1) is 5.42. The van der Waals surface area contributed by atoms with E-state index in [9.17, 15) is 0 Å². The van der Waals surface area contributed by atoms with Crippen LogP contribution < -0.4 is 0 Å². The molecule has 0 fully saturated rings. The van der Waals surface area contributed by atoms with Crippen molar-refractivity contribution in [3.05, 3.63) is 24.3 Å². The summed E-state index contributed by atoms with van der Waals surface area (Å²) in [5.41, 5.74) is 1.97. The minimum Gasteiger partial charge on any atom is -0.283 e. The molecular formula is C6H4BIN3. The van der Waals surface area contributed by atoms with Gasteiger partial charge in [0.2, 0.25) is 0 Å². The maximum atomic E-state index is 3.97. The van der Waals surface area contributed by atoms with Crippen molar-refractivity contribution in [1.82, 2.24) is 14.9 Å². The molecule has 0 amide bonds. The highest BCUT2D eigenvalue weighted by atomic mass is 127. The molecule has 1 heterocycles. The zero-order valence-corrected chi connectivity index (χ0v) is 7.76. The van der Waals surface area contributed by atoms with Crippen molar-refractivity contribution in [3.8, 4) is 0 Å². The van der Waals surface area contributed by atoms with Crippen LogP contribution >= 0.6 is 22.4 Å². The molecule has 0 aliphatic heterocycles. The van der Waals surface area contributed by atoms with Gasteiger partial charge in [-0.25, -0.2) is 0 Å². The van der Waals surface area contributed by atoms with E-state index in [0.29, 0.717) is 0 Å². The number of para-hydroxylation sites is 1. The van der Waals surface area contributed by atoms with Gasteiger partial charge in [0.15, 0.2) is 0 Å². The van der Waals surface area contributed by atoms with Gasteiger partial charge >= 0.3 is 5.27 Å². The Kier molecular flexibility index (Phi) is 1.81. The second kappa shape index (κ2) is 2.81. The van der Waals surface area contributed by atoms with Crippen molar-refractivity contribution in [2.24, 2.45) is 0 Å². The Hall–Kier alpha value is -0.585. The zero-order chi connectivity index (χ0) is 7.68. The fourth-order valence-electron chi connectivity index (χ4n) is 0.959. The Labute approximate surface area is 77.9 Å². The number of halogens is 1. The minimum absolute atomic E-state index is 0.931. The van der Waals surface area contributed by atoms with E-state index < -0.39 is 0 Å². The van der Waals surface area contributed by atoms with Crippen LogP contribution in [-0.2, 0) is 0 Å². The molecule has 0 aliphatic rings. The van der Waals surface area contributed by atoms with Crippen molar-refractivity contribution in [2.75, 3.05) is 0 Å². The second-order valence-corrected chi connectivity index (χ2v) is 2.68. The Bertz CT molecular complexity index is 373. The van der Waals surface area contributed by atoms with Crippen molar-refractivity contribution < 1.29 is 0 Å². The van der Waals surface area contributed by atoms with E-state index >= 15 is 0 Å². The molecule has 2 aromatic rings. The second-order valence-electron chi connectivity index (χ2n) is 2.12. The van der Waals surface area contributed by atoms with Crippen LogP contribution in [0.25, 0.3) is 11.0 Å². The van der Waals surface area contributed by atoms with E-state index in [1.165, 1.54) is 0 Å². The van der Waals surface area contributed by atoms with Crippen LogP contribution in [0.1, 0.15) is 0 Å². The van der Waals surface area contributed by atoms with Gasteiger partial charge in [0, 0.05) is 0 Å². The first-order valence-electron chi connectivity index (χ1n) is 3.15. The van der Waals surface area contributed by atoms with Gasteiger partial charge in [-0.1, -0.05) is 17.3 Å². The predicted molar refractivity (Wildman–Crippen MR) is 52.7 cm³/mol. The molecule has 0 N–H and O–H groups in total. The SMILES string of the molecule is I[B]n1nnc2ccccc21. The molecule has 0 saturated carbocycles. The molecule has 1 radical (unpaired) electrons. The molecule has 5 heteroatoms. The van der Waals surface area contributed by atoms with Crippen LogP contribution in [0.4, 0.5) is 0 Å². The third-order valence-electron chi connectivity index (χ3n) is 1.47. The number of aromatic nitrogens is 3. The van der Waals surface area contributed by atoms with Crippen LogP contribution in [0.3, 0.4) is 0 Å². The van der Waals surface area contributed by atoms with E-state index in [1.54, 1.807) is 4.59 Å². The Morgan fingerprint density at radius 1 is 1.36 bits per heavy atom. The summed E-state index contributed by atoms with van der Waals surface area (Å²) in [7, 11) is 0. The average Bonchev–Trinajstić information content (AvgIpc) is 2.47. The van der Waals surface area contributed by atoms with Crippen LogP contribution in [0, 0.1) is 0 Å². The lowest BCUT2D eigenvalue weighted by Crippen LogP contribution is -1.99. The molecule has 11 heavy (non-hydrogen) atoms. The fraction of sp³-hybridized carbons (Fsp3) is 0. The van der Waals surface area contributed by atoms with E-state index in [4.69, 9.17) is 0 Å². The third-order valence-corrected chi connectivity index (χ3v) is 2.00. The maximum Gasteiger partial charge on any atom is 0.362 e. The van der Waals surface area contributed by atoms with Crippen LogP contribution in [-0.4, -0.2) is 20.2 Å². The van der Waals surface area contributed by atoms with Gasteiger partial charge in [-0.2, -0.15) is 0 Å². The Balaban J connectivity index is 2.76. The Morgan fingerprint density at radius 2 is 2.18 bits per heavy atom. The molecule has 3 nitrogen and oxygen atoms in total. The molecule has 0 bridgehead atoms. The standard InChI is InChI=1S/C6H4BIN3/c8-7-11-6-4-2-1-3-5(6)9-10-11/h1-4H. The third kappa shape index (κ3) is 1.13. The van der Waals surface area contributed by atoms with E-state index in [1.807, 2.05) is 29.5 Å². The van der Waals surface area contributed by atoms with E-state index in [0.717, 1.165) is 11.0 Å². The normalized spacial score (nSPS) is 10.3. The summed E-state index contributed by atoms with van der Waals surface area (Å²) in [4.78, 5) is 0. The lowest BCUT2D eigenvalue weighted by molar-refractivity contribution is 0.897. The number of benzene rings is 1. The monoisotopic (exact) mass is 256 g/mol. The molecule has 0 atom stereocenters. The van der Waals surface area contributed by atoms with Crippen molar-refractivity contribution in [1.29, 1.82) is 0 Å². The summed E-state index contributed by atoms with van der Waals surface area (Å²) >= 11 is 2.13. The summed E-state index contributed by atoms with van der Waals surface area (Å²) < 4.78 is 1.75. The molecule has 0 saturated heterocycles. The highest BCUT2D eigenvalue weighted by Gasteiger charge is 2.00. The van der Waals surface area contributed by atoms with Gasteiger partial charge in [-0.3, -0.25) is 4.59 Å². The first kappa shape index (κ1) is 7.09. The summed E-state index contributed by atoms with van der Waals surface area (Å²) in [6.45, 7) is 0. The minimum atomic E-state index is 0.931. The average molecular weight is 256 g/mol. The van der Waals surface area contributed by atoms with Crippen molar-refractivity contribution in [2.45, 2.75) is 0 Å². The lowest BCUT2D eigenvalue weighted by atomic mass is 10.3. The number of hydrogen-bond acceptors (Lipinski definition) is 2. The lowest BCUT2D eigenvalue weighted by Gasteiger charge is -1.90. The molecule has 0 unspecified atom stereocenters. The number of fused-ring (bicyclic) bond motifs is 1. The van der Waals surface area contributed by atoms with Crippen molar-refractivity contribution >= 4 is 38.7 Å². The van der Waals surface area contributed by atoms with Gasteiger partial charge in [-0.15, -0.1) is 27.5 Å². The van der Waals surface area contributed by atoms with Crippen molar-refractivity contribution in [3.63, 3.8) is 0 Å². The van der Waals surface area contributed by atoms with E-state index in [2.05, 4.69) is 32.7 Å². The van der Waals surface area contributed by atoms with Gasteiger partial charge < -0.3 is 0 Å². The van der Waals surface area contributed by atoms with Crippen LogP contribution in [0.15, 0.2) is 24.3 Å². The molecule has 1 aromatic heterocycles. The zero-order valence-electron chi connectivity index (χ0n) is 5.61. The van der Waals surface area contributed by atoms with Gasteiger partial charge in [0.1, 0.15) is 5.52 Å². The number of hydrogen-bond donors (Lipinski definition) is 0. The molecule has 0 aliphatic carbocycles. The smallest absolute Gasteiger partial charge is 0.283 e. The van der Waals surface area contributed by atoms with Crippen LogP contribution in [0.5, 0.6) is 0 Å². The summed E-state index contributed by atoms with van der Waals surface area (Å²) in [5.74, 6) is 0. The molecule has 2 rings (SSSR count). The summed E-state index contributed by atoms with van der Waals surface area (Å²) in [6.07, 6.45) is 0. The fourth-order valence-corrected chi connectivity index (χ4v) is 1.37. The number of rotatable bonds is 1. The topological polar surface area (TPSA) is 30.7 Å². The predicted octanol–water partition coefficient (Wildman–Crippen LogP) is 1.25. The highest BCUT2D eigenvalue weighted by molar-refractivity contribution is 14.1. The molecular weight excluding hydrogens is 252 g/mol. The first-order valence-corrected chi connectivity index (χ1v) is 4.40. The highest BCUT2D eigenvalue weighted by Crippen LogP contribution is 2.08. The summed E-state index contributed by atoms with van der Waals surface area (Å²) in [5, 5.41) is 9.74. The molecule has 0 spiro atoms. The van der Waals surface area contributed by atoms with Gasteiger partial charge in [-0.05, 0) is 12.1 Å². The van der Waals surface area contributed by atoms with Gasteiger partial charge in [0.05, 0.1) is 5.52 Å². The molecule has 1 aromatic carbocycles. The maximum absolute atomic E-state index is 3.97. The largest absolute Gasteiger partial charge is 0.362 e.